The number of ether oxygens (including phenoxy) is 1. The Balaban J connectivity index is 1.89. The average Bonchev–Trinajstić information content (AvgIpc) is 2.44. The fraction of sp³-hybridized carbons (Fsp3) is 0.235. The van der Waals surface area contributed by atoms with Gasteiger partial charge < -0.3 is 15.4 Å². The van der Waals surface area contributed by atoms with Gasteiger partial charge in [0.2, 0.25) is 5.91 Å². The summed E-state index contributed by atoms with van der Waals surface area (Å²) in [7, 11) is 1.62. The van der Waals surface area contributed by atoms with E-state index in [9.17, 15) is 4.79 Å². The van der Waals surface area contributed by atoms with Gasteiger partial charge in [0.1, 0.15) is 5.75 Å². The van der Waals surface area contributed by atoms with Crippen molar-refractivity contribution in [2.75, 3.05) is 24.3 Å². The van der Waals surface area contributed by atoms with Crippen LogP contribution >= 0.6 is 0 Å². The zero-order valence-corrected chi connectivity index (χ0v) is 12.6. The van der Waals surface area contributed by atoms with E-state index in [0.717, 1.165) is 28.3 Å². The van der Waals surface area contributed by atoms with Crippen molar-refractivity contribution in [1.29, 1.82) is 0 Å². The molecule has 2 aromatic rings. The van der Waals surface area contributed by atoms with E-state index in [1.54, 1.807) is 7.11 Å². The van der Waals surface area contributed by atoms with Gasteiger partial charge in [0, 0.05) is 11.4 Å². The highest BCUT2D eigenvalue weighted by molar-refractivity contribution is 5.93. The van der Waals surface area contributed by atoms with Crippen molar-refractivity contribution in [2.45, 2.75) is 13.8 Å². The Bertz CT molecular complexity index is 601. The molecule has 2 N–H and O–H groups in total. The van der Waals surface area contributed by atoms with Crippen LogP contribution in [0.1, 0.15) is 11.1 Å². The molecule has 4 heteroatoms. The number of hydrogen-bond donors (Lipinski definition) is 2. The number of nitrogens with one attached hydrogen (secondary N) is 2. The lowest BCUT2D eigenvalue weighted by Gasteiger charge is -2.09. The van der Waals surface area contributed by atoms with E-state index >= 15 is 0 Å². The molecule has 21 heavy (non-hydrogen) atoms. The van der Waals surface area contributed by atoms with Gasteiger partial charge in [0.05, 0.1) is 13.7 Å². The normalized spacial score (nSPS) is 10.0. The lowest BCUT2D eigenvalue weighted by atomic mass is 10.1. The molecule has 110 valence electrons. The van der Waals surface area contributed by atoms with Crippen molar-refractivity contribution in [3.63, 3.8) is 0 Å². The van der Waals surface area contributed by atoms with E-state index in [1.165, 1.54) is 0 Å². The molecule has 0 radical (unpaired) electrons. The van der Waals surface area contributed by atoms with Crippen LogP contribution in [0.2, 0.25) is 0 Å². The Hall–Kier alpha value is -2.49. The maximum Gasteiger partial charge on any atom is 0.243 e. The van der Waals surface area contributed by atoms with Crippen molar-refractivity contribution in [3.8, 4) is 5.75 Å². The third-order valence-electron chi connectivity index (χ3n) is 3.05. The zero-order chi connectivity index (χ0) is 15.2. The molecule has 0 spiro atoms. The SMILES string of the molecule is COc1ccc(NCC(=O)Nc2cc(C)cc(C)c2)cc1. The van der Waals surface area contributed by atoms with Gasteiger partial charge in [0.25, 0.3) is 0 Å². The molecule has 2 rings (SSSR count). The topological polar surface area (TPSA) is 50.4 Å². The van der Waals surface area contributed by atoms with E-state index in [4.69, 9.17) is 4.74 Å². The average molecular weight is 284 g/mol. The predicted octanol–water partition coefficient (Wildman–Crippen LogP) is 3.36. The van der Waals surface area contributed by atoms with Gasteiger partial charge in [-0.2, -0.15) is 0 Å². The summed E-state index contributed by atoms with van der Waals surface area (Å²) in [5.41, 5.74) is 3.97. The predicted molar refractivity (Wildman–Crippen MR) is 86.0 cm³/mol. The molecule has 2 aromatic carbocycles. The van der Waals surface area contributed by atoms with Crippen LogP contribution in [0.5, 0.6) is 5.75 Å². The molecule has 1 amide bonds. The van der Waals surface area contributed by atoms with Crippen LogP contribution in [-0.4, -0.2) is 19.6 Å². The minimum atomic E-state index is -0.0733. The lowest BCUT2D eigenvalue weighted by Crippen LogP contribution is -2.21. The highest BCUT2D eigenvalue weighted by Gasteiger charge is 2.03. The van der Waals surface area contributed by atoms with Crippen LogP contribution in [0, 0.1) is 13.8 Å². The molecule has 0 saturated carbocycles. The van der Waals surface area contributed by atoms with Crippen molar-refractivity contribution in [3.05, 3.63) is 53.6 Å². The molecular formula is C17H20N2O2. The number of aryl methyl sites for hydroxylation is 2. The minimum absolute atomic E-state index is 0.0733. The molecule has 4 nitrogen and oxygen atoms in total. The summed E-state index contributed by atoms with van der Waals surface area (Å²) in [6, 6.07) is 13.4. The van der Waals surface area contributed by atoms with Crippen LogP contribution in [0.25, 0.3) is 0 Å². The van der Waals surface area contributed by atoms with Gasteiger partial charge in [-0.15, -0.1) is 0 Å². The monoisotopic (exact) mass is 284 g/mol. The number of carbonyl (C=O) groups excluding carboxylic acids is 1. The molecule has 0 atom stereocenters. The molecule has 0 bridgehead atoms. The van der Waals surface area contributed by atoms with Crippen molar-refractivity contribution < 1.29 is 9.53 Å². The number of amides is 1. The van der Waals surface area contributed by atoms with Gasteiger partial charge in [-0.25, -0.2) is 0 Å². The number of rotatable bonds is 5. The van der Waals surface area contributed by atoms with E-state index in [2.05, 4.69) is 16.7 Å². The zero-order valence-electron chi connectivity index (χ0n) is 12.6. The first-order valence-electron chi connectivity index (χ1n) is 6.83. The summed E-state index contributed by atoms with van der Waals surface area (Å²) in [5.74, 6) is 0.719. The molecule has 0 aliphatic carbocycles. The summed E-state index contributed by atoms with van der Waals surface area (Å²) >= 11 is 0. The molecule has 0 aromatic heterocycles. The first-order valence-corrected chi connectivity index (χ1v) is 6.83. The third-order valence-corrected chi connectivity index (χ3v) is 3.05. The number of hydrogen-bond acceptors (Lipinski definition) is 3. The van der Waals surface area contributed by atoms with Crippen molar-refractivity contribution in [1.82, 2.24) is 0 Å². The second kappa shape index (κ2) is 6.79. The van der Waals surface area contributed by atoms with Crippen LogP contribution in [0.15, 0.2) is 42.5 Å². The van der Waals surface area contributed by atoms with Crippen LogP contribution in [-0.2, 0) is 4.79 Å². The number of methoxy groups -OCH3 is 1. The second-order valence-electron chi connectivity index (χ2n) is 5.01. The van der Waals surface area contributed by atoms with Crippen LogP contribution in [0.4, 0.5) is 11.4 Å². The molecule has 0 saturated heterocycles. The molecule has 0 fully saturated rings. The van der Waals surface area contributed by atoms with Crippen molar-refractivity contribution in [2.24, 2.45) is 0 Å². The van der Waals surface area contributed by atoms with Gasteiger partial charge >= 0.3 is 0 Å². The standard InChI is InChI=1S/C17H20N2O2/c1-12-8-13(2)10-15(9-12)19-17(20)11-18-14-4-6-16(21-3)7-5-14/h4-10,18H,11H2,1-3H3,(H,19,20). The number of benzene rings is 2. The Labute approximate surface area is 125 Å². The Morgan fingerprint density at radius 3 is 2.19 bits per heavy atom. The first kappa shape index (κ1) is 14.9. The summed E-state index contributed by atoms with van der Waals surface area (Å²) in [4.78, 5) is 11.9. The van der Waals surface area contributed by atoms with Gasteiger partial charge in [-0.1, -0.05) is 6.07 Å². The maximum absolute atomic E-state index is 11.9. The van der Waals surface area contributed by atoms with E-state index in [-0.39, 0.29) is 12.5 Å². The fourth-order valence-corrected chi connectivity index (χ4v) is 2.14. The Kier molecular flexibility index (Phi) is 4.82. The fourth-order valence-electron chi connectivity index (χ4n) is 2.14. The number of carbonyl (C=O) groups is 1. The molecule has 0 heterocycles. The second-order valence-corrected chi connectivity index (χ2v) is 5.01. The molecule has 0 unspecified atom stereocenters. The summed E-state index contributed by atoms with van der Waals surface area (Å²) in [5, 5.41) is 5.97. The van der Waals surface area contributed by atoms with E-state index < -0.39 is 0 Å². The Morgan fingerprint density at radius 1 is 1.00 bits per heavy atom. The molecule has 0 aliphatic rings. The first-order chi connectivity index (χ1) is 10.1. The van der Waals surface area contributed by atoms with Crippen LogP contribution < -0.4 is 15.4 Å². The number of anilines is 2. The van der Waals surface area contributed by atoms with Gasteiger partial charge in [-0.05, 0) is 61.4 Å². The largest absolute Gasteiger partial charge is 0.497 e. The lowest BCUT2D eigenvalue weighted by molar-refractivity contribution is -0.114. The Morgan fingerprint density at radius 2 is 1.62 bits per heavy atom. The maximum atomic E-state index is 11.9. The molecule has 0 aliphatic heterocycles. The van der Waals surface area contributed by atoms with Gasteiger partial charge in [0.15, 0.2) is 0 Å². The van der Waals surface area contributed by atoms with E-state index in [1.807, 2.05) is 50.2 Å². The van der Waals surface area contributed by atoms with E-state index in [0.29, 0.717) is 0 Å². The summed E-state index contributed by atoms with van der Waals surface area (Å²) in [6.07, 6.45) is 0. The summed E-state index contributed by atoms with van der Waals surface area (Å²) in [6.45, 7) is 4.25. The molecular weight excluding hydrogens is 264 g/mol. The summed E-state index contributed by atoms with van der Waals surface area (Å²) < 4.78 is 5.09. The highest BCUT2D eigenvalue weighted by atomic mass is 16.5. The smallest absolute Gasteiger partial charge is 0.243 e. The highest BCUT2D eigenvalue weighted by Crippen LogP contribution is 2.15. The van der Waals surface area contributed by atoms with Crippen LogP contribution in [0.3, 0.4) is 0 Å². The minimum Gasteiger partial charge on any atom is -0.497 e. The van der Waals surface area contributed by atoms with Gasteiger partial charge in [-0.3, -0.25) is 4.79 Å². The quantitative estimate of drug-likeness (QED) is 0.885. The van der Waals surface area contributed by atoms with Crippen molar-refractivity contribution >= 4 is 17.3 Å². The third kappa shape index (κ3) is 4.53.